The van der Waals surface area contributed by atoms with Crippen molar-refractivity contribution in [1.29, 1.82) is 0 Å². The van der Waals surface area contributed by atoms with Crippen LogP contribution in [0.25, 0.3) is 11.0 Å². The Hall–Kier alpha value is -3.12. The average molecular weight is 379 g/mol. The maximum Gasteiger partial charge on any atom is 0.198 e. The van der Waals surface area contributed by atoms with Crippen molar-refractivity contribution in [3.05, 3.63) is 58.3 Å². The highest BCUT2D eigenvalue weighted by Gasteiger charge is 2.37. The highest BCUT2D eigenvalue weighted by Crippen LogP contribution is 2.45. The first-order valence-corrected chi connectivity index (χ1v) is 9.34. The van der Waals surface area contributed by atoms with Gasteiger partial charge in [0.25, 0.3) is 0 Å². The molecule has 2 aromatic carbocycles. The number of aryl methyl sites for hydroxylation is 1. The highest BCUT2D eigenvalue weighted by molar-refractivity contribution is 6.33. The largest absolute Gasteiger partial charge is 0.492 e. The van der Waals surface area contributed by atoms with Crippen LogP contribution in [0, 0.1) is 6.92 Å². The van der Waals surface area contributed by atoms with Crippen molar-refractivity contribution in [2.75, 3.05) is 25.1 Å². The van der Waals surface area contributed by atoms with Crippen molar-refractivity contribution >= 4 is 28.2 Å². The van der Waals surface area contributed by atoms with Gasteiger partial charge in [-0.15, -0.1) is 0 Å². The van der Waals surface area contributed by atoms with E-state index in [2.05, 4.69) is 5.32 Å². The number of aliphatic hydroxyl groups is 1. The number of carbonyl (C=O) groups excluding carboxylic acids is 2. The second-order valence-corrected chi connectivity index (χ2v) is 6.76. The summed E-state index contributed by atoms with van der Waals surface area (Å²) in [5.41, 5.74) is 2.10. The molecule has 1 aliphatic carbocycles. The van der Waals surface area contributed by atoms with Gasteiger partial charge in [-0.3, -0.25) is 9.59 Å². The van der Waals surface area contributed by atoms with E-state index in [-0.39, 0.29) is 35.8 Å². The smallest absolute Gasteiger partial charge is 0.198 e. The third-order valence-electron chi connectivity index (χ3n) is 4.79. The fraction of sp³-hybridized carbons (Fsp3) is 0.273. The standard InChI is InChI=1S/C22H21NO5/c1-3-10-27-21-15-11-12(2)28-22(15)18(23-8-9-24)16-17(21)20(26)14-7-5-4-6-13(14)19(16)25/h4-7,11,23-24H,3,8-10H2,1-2H3. The van der Waals surface area contributed by atoms with Crippen LogP contribution in [0.15, 0.2) is 34.7 Å². The first kappa shape index (κ1) is 18.3. The molecule has 0 spiro atoms. The van der Waals surface area contributed by atoms with Gasteiger partial charge in [0, 0.05) is 17.7 Å². The number of rotatable bonds is 6. The lowest BCUT2D eigenvalue weighted by Crippen LogP contribution is -2.24. The van der Waals surface area contributed by atoms with Crippen molar-refractivity contribution in [1.82, 2.24) is 0 Å². The molecule has 6 heteroatoms. The number of hydrogen-bond acceptors (Lipinski definition) is 6. The molecule has 0 unspecified atom stereocenters. The number of ether oxygens (including phenoxy) is 1. The molecule has 0 amide bonds. The molecule has 0 radical (unpaired) electrons. The lowest BCUT2D eigenvalue weighted by Gasteiger charge is -2.24. The molecule has 0 bridgehead atoms. The van der Waals surface area contributed by atoms with E-state index in [1.165, 1.54) is 0 Å². The number of aliphatic hydroxyl groups excluding tert-OH is 1. The normalized spacial score (nSPS) is 12.8. The van der Waals surface area contributed by atoms with Crippen LogP contribution in [0.4, 0.5) is 5.69 Å². The molecule has 144 valence electrons. The summed E-state index contributed by atoms with van der Waals surface area (Å²) in [7, 11) is 0. The van der Waals surface area contributed by atoms with Gasteiger partial charge in [0.2, 0.25) is 0 Å². The first-order valence-electron chi connectivity index (χ1n) is 9.34. The number of fused-ring (bicyclic) bond motifs is 3. The van der Waals surface area contributed by atoms with Crippen LogP contribution in [0.2, 0.25) is 0 Å². The Balaban J connectivity index is 2.09. The number of ketones is 2. The minimum atomic E-state index is -0.261. The van der Waals surface area contributed by atoms with E-state index in [0.717, 1.165) is 6.42 Å². The first-order chi connectivity index (χ1) is 13.6. The summed E-state index contributed by atoms with van der Waals surface area (Å²) in [6.07, 6.45) is 0.760. The number of benzene rings is 2. The number of nitrogens with one attached hydrogen (secondary N) is 1. The molecule has 0 atom stereocenters. The Kier molecular flexibility index (Phi) is 4.65. The lowest BCUT2D eigenvalue weighted by molar-refractivity contribution is 0.0976. The Morgan fingerprint density at radius 1 is 1.11 bits per heavy atom. The van der Waals surface area contributed by atoms with E-state index >= 15 is 0 Å². The molecule has 1 aromatic heterocycles. The topological polar surface area (TPSA) is 88.8 Å². The quantitative estimate of drug-likeness (QED) is 0.531. The number of hydrogen-bond donors (Lipinski definition) is 2. The summed E-state index contributed by atoms with van der Waals surface area (Å²) in [6, 6.07) is 8.60. The van der Waals surface area contributed by atoms with Gasteiger partial charge >= 0.3 is 0 Å². The zero-order valence-electron chi connectivity index (χ0n) is 15.8. The molecule has 0 saturated heterocycles. The molecule has 0 aliphatic heterocycles. The Bertz CT molecular complexity index is 1010. The van der Waals surface area contributed by atoms with Crippen LogP contribution < -0.4 is 10.1 Å². The van der Waals surface area contributed by atoms with Crippen molar-refractivity contribution in [2.24, 2.45) is 0 Å². The van der Waals surface area contributed by atoms with E-state index in [9.17, 15) is 14.7 Å². The molecule has 3 aromatic rings. The van der Waals surface area contributed by atoms with Crippen LogP contribution in [-0.2, 0) is 0 Å². The van der Waals surface area contributed by atoms with Gasteiger partial charge in [-0.05, 0) is 19.4 Å². The molecular weight excluding hydrogens is 358 g/mol. The zero-order valence-corrected chi connectivity index (χ0v) is 15.8. The van der Waals surface area contributed by atoms with Crippen molar-refractivity contribution in [3.8, 4) is 5.75 Å². The monoisotopic (exact) mass is 379 g/mol. The fourth-order valence-electron chi connectivity index (χ4n) is 3.65. The number of anilines is 1. The van der Waals surface area contributed by atoms with Gasteiger partial charge in [-0.2, -0.15) is 0 Å². The summed E-state index contributed by atoms with van der Waals surface area (Å²) in [4.78, 5) is 26.7. The van der Waals surface area contributed by atoms with Crippen LogP contribution in [0.5, 0.6) is 5.75 Å². The maximum absolute atomic E-state index is 13.4. The van der Waals surface area contributed by atoms with Crippen LogP contribution in [0.1, 0.15) is 50.9 Å². The average Bonchev–Trinajstić information content (AvgIpc) is 3.09. The van der Waals surface area contributed by atoms with Crippen LogP contribution in [0.3, 0.4) is 0 Å². The SMILES string of the molecule is CCCOc1c2c(c(NCCO)c3oc(C)cc13)C(=O)c1ccccc1C2=O. The van der Waals surface area contributed by atoms with Gasteiger partial charge in [0.1, 0.15) is 11.5 Å². The molecule has 2 N–H and O–H groups in total. The second-order valence-electron chi connectivity index (χ2n) is 6.76. The Labute approximate surface area is 162 Å². The van der Waals surface area contributed by atoms with Crippen molar-refractivity contribution < 1.29 is 23.8 Å². The van der Waals surface area contributed by atoms with Gasteiger partial charge < -0.3 is 19.6 Å². The predicted molar refractivity (Wildman–Crippen MR) is 106 cm³/mol. The third kappa shape index (κ3) is 2.68. The third-order valence-corrected chi connectivity index (χ3v) is 4.79. The Morgan fingerprint density at radius 3 is 2.43 bits per heavy atom. The molecule has 1 aliphatic rings. The molecule has 1 heterocycles. The van der Waals surface area contributed by atoms with E-state index < -0.39 is 0 Å². The molecular formula is C22H21NO5. The van der Waals surface area contributed by atoms with E-state index in [1.54, 1.807) is 31.2 Å². The predicted octanol–water partition coefficient (Wildman–Crippen LogP) is 3.71. The molecule has 28 heavy (non-hydrogen) atoms. The number of carbonyl (C=O) groups is 2. The van der Waals surface area contributed by atoms with Crippen LogP contribution in [-0.4, -0.2) is 36.4 Å². The van der Waals surface area contributed by atoms with E-state index in [1.807, 2.05) is 13.0 Å². The molecule has 4 rings (SSSR count). The highest BCUT2D eigenvalue weighted by atomic mass is 16.5. The second kappa shape index (κ2) is 7.13. The van der Waals surface area contributed by atoms with Crippen molar-refractivity contribution in [2.45, 2.75) is 20.3 Å². The summed E-state index contributed by atoms with van der Waals surface area (Å²) in [5.74, 6) is 0.515. The zero-order chi connectivity index (χ0) is 19.8. The fourth-order valence-corrected chi connectivity index (χ4v) is 3.65. The van der Waals surface area contributed by atoms with Gasteiger partial charge in [0.05, 0.1) is 35.4 Å². The summed E-state index contributed by atoms with van der Waals surface area (Å²) in [6.45, 7) is 4.29. The molecule has 0 saturated carbocycles. The summed E-state index contributed by atoms with van der Waals surface area (Å²) in [5, 5.41) is 13.0. The van der Waals surface area contributed by atoms with Gasteiger partial charge in [-0.25, -0.2) is 0 Å². The lowest BCUT2D eigenvalue weighted by atomic mass is 9.82. The van der Waals surface area contributed by atoms with Crippen LogP contribution >= 0.6 is 0 Å². The molecule has 6 nitrogen and oxygen atoms in total. The Morgan fingerprint density at radius 2 is 1.79 bits per heavy atom. The molecule has 0 fully saturated rings. The van der Waals surface area contributed by atoms with Crippen molar-refractivity contribution in [3.63, 3.8) is 0 Å². The van der Waals surface area contributed by atoms with Gasteiger partial charge in [-0.1, -0.05) is 31.2 Å². The van der Waals surface area contributed by atoms with E-state index in [0.29, 0.717) is 45.9 Å². The summed E-state index contributed by atoms with van der Waals surface area (Å²) >= 11 is 0. The van der Waals surface area contributed by atoms with Gasteiger partial charge in [0.15, 0.2) is 17.1 Å². The minimum absolute atomic E-state index is 0.122. The minimum Gasteiger partial charge on any atom is -0.492 e. The van der Waals surface area contributed by atoms with E-state index in [4.69, 9.17) is 9.15 Å². The summed E-state index contributed by atoms with van der Waals surface area (Å²) < 4.78 is 11.8. The maximum atomic E-state index is 13.4. The number of furan rings is 1.